The van der Waals surface area contributed by atoms with E-state index in [4.69, 9.17) is 23.2 Å². The smallest absolute Gasteiger partial charge is 0.200 e. The average Bonchev–Trinajstić information content (AvgIpc) is 3.09. The van der Waals surface area contributed by atoms with Crippen LogP contribution in [0, 0.1) is 0 Å². The number of rotatable bonds is 4. The maximum Gasteiger partial charge on any atom is 0.279 e. The van der Waals surface area contributed by atoms with Crippen molar-refractivity contribution in [2.45, 2.75) is 10.8 Å². The Morgan fingerprint density at radius 3 is 2.07 bits per heavy atom. The van der Waals surface area contributed by atoms with Gasteiger partial charge < -0.3 is 0 Å². The standard InChI is InChI=1S/C21H16Cl2N2O2S/c22-17-8-6-16(7-9-17)21-20(15-4-2-1-3-5-15)14-25(24-21)28(26,27)19-12-10-18(23)11-13-19/h1-13,20H,14H2/i20D. The van der Waals surface area contributed by atoms with Gasteiger partial charge in [0.15, 0.2) is 0 Å². The molecular weight excluding hydrogens is 415 g/mol. The molecule has 0 aliphatic carbocycles. The van der Waals surface area contributed by atoms with Crippen LogP contribution in [0.5, 0.6) is 0 Å². The fraction of sp³-hybridized carbons (Fsp3) is 0.0952. The predicted octanol–water partition coefficient (Wildman–Crippen LogP) is 5.19. The van der Waals surface area contributed by atoms with Gasteiger partial charge in [0.25, 0.3) is 10.0 Å². The lowest BCUT2D eigenvalue weighted by Gasteiger charge is -2.17. The first-order valence-corrected chi connectivity index (χ1v) is 10.7. The highest BCUT2D eigenvalue weighted by molar-refractivity contribution is 7.89. The van der Waals surface area contributed by atoms with Crippen molar-refractivity contribution in [1.82, 2.24) is 4.41 Å². The summed E-state index contributed by atoms with van der Waals surface area (Å²) in [6, 6.07) is 21.9. The lowest BCUT2D eigenvalue weighted by molar-refractivity contribution is 0.451. The molecule has 0 saturated heterocycles. The molecule has 3 aromatic carbocycles. The number of hydrogen-bond acceptors (Lipinski definition) is 3. The third-order valence-corrected chi connectivity index (χ3v) is 6.56. The minimum Gasteiger partial charge on any atom is -0.200 e. The van der Waals surface area contributed by atoms with Gasteiger partial charge in [-0.15, -0.1) is 0 Å². The monoisotopic (exact) mass is 431 g/mol. The topological polar surface area (TPSA) is 49.7 Å². The second-order valence-electron chi connectivity index (χ2n) is 6.24. The van der Waals surface area contributed by atoms with Gasteiger partial charge in [-0.25, -0.2) is 0 Å². The summed E-state index contributed by atoms with van der Waals surface area (Å²) in [7, 11) is -3.94. The Labute approximate surface area is 175 Å². The third kappa shape index (κ3) is 3.65. The van der Waals surface area contributed by atoms with Crippen molar-refractivity contribution < 1.29 is 9.79 Å². The van der Waals surface area contributed by atoms with Gasteiger partial charge in [-0.05, 0) is 47.5 Å². The molecule has 1 atom stereocenters. The molecule has 0 amide bonds. The van der Waals surface area contributed by atoms with E-state index < -0.39 is 15.9 Å². The molecule has 0 bridgehead atoms. The number of hydrazone groups is 1. The average molecular weight is 432 g/mol. The van der Waals surface area contributed by atoms with Gasteiger partial charge in [0.2, 0.25) is 0 Å². The molecule has 0 saturated carbocycles. The van der Waals surface area contributed by atoms with Crippen molar-refractivity contribution in [3.05, 3.63) is 100 Å². The molecule has 0 fully saturated rings. The van der Waals surface area contributed by atoms with Crippen molar-refractivity contribution in [2.75, 3.05) is 6.54 Å². The van der Waals surface area contributed by atoms with Crippen LogP contribution < -0.4 is 0 Å². The largest absolute Gasteiger partial charge is 0.279 e. The third-order valence-electron chi connectivity index (χ3n) is 4.42. The van der Waals surface area contributed by atoms with Gasteiger partial charge in [-0.1, -0.05) is 65.7 Å². The normalized spacial score (nSPS) is 20.0. The summed E-state index contributed by atoms with van der Waals surface area (Å²) in [5, 5.41) is 5.38. The lowest BCUT2D eigenvalue weighted by atomic mass is 9.91. The number of halogens is 2. The van der Waals surface area contributed by atoms with Gasteiger partial charge >= 0.3 is 0 Å². The van der Waals surface area contributed by atoms with E-state index in [0.29, 0.717) is 26.9 Å². The highest BCUT2D eigenvalue weighted by Crippen LogP contribution is 2.32. The second-order valence-corrected chi connectivity index (χ2v) is 8.96. The molecule has 142 valence electrons. The maximum absolute atomic E-state index is 13.2. The first-order chi connectivity index (χ1) is 13.8. The molecule has 7 heteroatoms. The van der Waals surface area contributed by atoms with Gasteiger partial charge in [0, 0.05) is 17.3 Å². The zero-order chi connectivity index (χ0) is 20.6. The van der Waals surface area contributed by atoms with E-state index >= 15 is 0 Å². The van der Waals surface area contributed by atoms with Crippen LogP contribution in [0.1, 0.15) is 18.4 Å². The highest BCUT2D eigenvalue weighted by Gasteiger charge is 2.35. The molecule has 28 heavy (non-hydrogen) atoms. The summed E-state index contributed by atoms with van der Waals surface area (Å²) in [5.41, 5.74) is 1.64. The fourth-order valence-electron chi connectivity index (χ4n) is 2.99. The zero-order valence-electron chi connectivity index (χ0n) is 15.6. The Hall–Kier alpha value is -2.34. The Morgan fingerprint density at radius 1 is 0.893 bits per heavy atom. The first kappa shape index (κ1) is 17.7. The molecule has 0 radical (unpaired) electrons. The number of benzene rings is 3. The quantitative estimate of drug-likeness (QED) is 0.570. The summed E-state index contributed by atoms with van der Waals surface area (Å²) >= 11 is 11.9. The summed E-state index contributed by atoms with van der Waals surface area (Å²) in [6.07, 6.45) is 0. The zero-order valence-corrected chi connectivity index (χ0v) is 16.9. The molecule has 1 unspecified atom stereocenters. The minimum absolute atomic E-state index is 0.0680. The molecular formula is C21H16Cl2N2O2S. The van der Waals surface area contributed by atoms with Gasteiger partial charge in [0.05, 0.1) is 17.2 Å². The Bertz CT molecular complexity index is 1170. The van der Waals surface area contributed by atoms with Crippen LogP contribution >= 0.6 is 23.2 Å². The molecule has 0 aromatic heterocycles. The second kappa shape index (κ2) is 7.59. The molecule has 0 N–H and O–H groups in total. The minimum atomic E-state index is -3.94. The van der Waals surface area contributed by atoms with E-state index in [9.17, 15) is 9.79 Å². The van der Waals surface area contributed by atoms with Crippen molar-refractivity contribution >= 4 is 38.9 Å². The first-order valence-electron chi connectivity index (χ1n) is 8.99. The van der Waals surface area contributed by atoms with E-state index in [0.717, 1.165) is 4.41 Å². The van der Waals surface area contributed by atoms with Crippen molar-refractivity contribution in [3.8, 4) is 0 Å². The molecule has 1 heterocycles. The van der Waals surface area contributed by atoms with Crippen LogP contribution in [0.25, 0.3) is 0 Å². The van der Waals surface area contributed by atoms with Gasteiger partial charge in [-0.3, -0.25) is 0 Å². The molecule has 0 spiro atoms. The molecule has 4 rings (SSSR count). The number of nitrogens with zero attached hydrogens (tertiary/aromatic N) is 2. The lowest BCUT2D eigenvalue weighted by Crippen LogP contribution is -2.26. The Morgan fingerprint density at radius 2 is 1.46 bits per heavy atom. The van der Waals surface area contributed by atoms with Gasteiger partial charge in [-0.2, -0.15) is 17.9 Å². The van der Waals surface area contributed by atoms with Crippen LogP contribution in [0.15, 0.2) is 88.9 Å². The SMILES string of the molecule is [2H]C1(c2ccccc2)CN(S(=O)(=O)c2ccc(Cl)cc2)N=C1c1ccc(Cl)cc1. The van der Waals surface area contributed by atoms with Crippen LogP contribution in [-0.2, 0) is 10.0 Å². The Balaban J connectivity index is 1.83. The van der Waals surface area contributed by atoms with E-state index in [1.807, 2.05) is 18.2 Å². The number of hydrogen-bond donors (Lipinski definition) is 0. The van der Waals surface area contributed by atoms with Crippen molar-refractivity contribution in [1.29, 1.82) is 0 Å². The van der Waals surface area contributed by atoms with Crippen LogP contribution in [0.4, 0.5) is 0 Å². The highest BCUT2D eigenvalue weighted by atomic mass is 35.5. The van der Waals surface area contributed by atoms with E-state index in [1.165, 1.54) is 24.3 Å². The van der Waals surface area contributed by atoms with Crippen molar-refractivity contribution in [3.63, 3.8) is 0 Å². The Kier molecular flexibility index (Phi) is 4.81. The van der Waals surface area contributed by atoms with Crippen LogP contribution in [0.2, 0.25) is 10.0 Å². The summed E-state index contributed by atoms with van der Waals surface area (Å²) < 4.78 is 36.5. The van der Waals surface area contributed by atoms with E-state index in [2.05, 4.69) is 5.10 Å². The van der Waals surface area contributed by atoms with Crippen LogP contribution in [-0.4, -0.2) is 25.1 Å². The fourth-order valence-corrected chi connectivity index (χ4v) is 4.45. The maximum atomic E-state index is 13.2. The summed E-state index contributed by atoms with van der Waals surface area (Å²) in [6.45, 7) is -0.139. The number of sulfonamides is 1. The van der Waals surface area contributed by atoms with Gasteiger partial charge in [0.1, 0.15) is 0 Å². The van der Waals surface area contributed by atoms with Crippen LogP contribution in [0.3, 0.4) is 0 Å². The molecule has 1 aliphatic rings. The summed E-state index contributed by atoms with van der Waals surface area (Å²) in [4.78, 5) is 0.0680. The van der Waals surface area contributed by atoms with E-state index in [1.54, 1.807) is 36.4 Å². The van der Waals surface area contributed by atoms with Crippen molar-refractivity contribution in [2.24, 2.45) is 5.10 Å². The molecule has 4 nitrogen and oxygen atoms in total. The summed E-state index contributed by atoms with van der Waals surface area (Å²) in [5.74, 6) is -1.37. The predicted molar refractivity (Wildman–Crippen MR) is 113 cm³/mol. The van der Waals surface area contributed by atoms with E-state index in [-0.39, 0.29) is 11.4 Å². The molecule has 1 aliphatic heterocycles. The molecule has 3 aromatic rings.